The van der Waals surface area contributed by atoms with E-state index in [4.69, 9.17) is 0 Å². The molecule has 0 aliphatic rings. The van der Waals surface area contributed by atoms with Gasteiger partial charge in [0.2, 0.25) is 0 Å². The second kappa shape index (κ2) is 4.21. The highest BCUT2D eigenvalue weighted by molar-refractivity contribution is 7.91. The molecule has 3 aromatic rings. The fourth-order valence-corrected chi connectivity index (χ4v) is 3.30. The number of aromatic nitrogens is 3. The van der Waals surface area contributed by atoms with Gasteiger partial charge < -0.3 is 9.55 Å². The minimum atomic E-state index is -3.25. The van der Waals surface area contributed by atoms with Crippen LogP contribution in [0.4, 0.5) is 0 Å². The minimum absolute atomic E-state index is 0.324. The molecule has 0 unspecified atom stereocenters. The average molecular weight is 289 g/mol. The second-order valence-electron chi connectivity index (χ2n) is 5.03. The summed E-state index contributed by atoms with van der Waals surface area (Å²) in [5.41, 5.74) is 3.64. The number of nitrogens with one attached hydrogen (secondary N) is 1. The van der Waals surface area contributed by atoms with Crippen molar-refractivity contribution in [1.82, 2.24) is 14.5 Å². The fourth-order valence-electron chi connectivity index (χ4n) is 2.46. The molecule has 0 aliphatic heterocycles. The summed E-state index contributed by atoms with van der Waals surface area (Å²) in [6.45, 7) is 1.99. The lowest BCUT2D eigenvalue weighted by Gasteiger charge is -2.05. The van der Waals surface area contributed by atoms with E-state index < -0.39 is 9.84 Å². The standard InChI is InChI=1S/C14H15N3O2S/c1-9-4-5-10-12(20(3,18)19)6-15-14(10)13(9)11-7-17(2)8-16-11/h4-8,15H,1-3H3. The largest absolute Gasteiger partial charge is 0.359 e. The topological polar surface area (TPSA) is 67.8 Å². The van der Waals surface area contributed by atoms with Crippen molar-refractivity contribution >= 4 is 20.7 Å². The number of sulfone groups is 1. The molecule has 0 saturated heterocycles. The monoisotopic (exact) mass is 289 g/mol. The predicted molar refractivity (Wildman–Crippen MR) is 78.3 cm³/mol. The lowest BCUT2D eigenvalue weighted by atomic mass is 10.0. The number of rotatable bonds is 2. The van der Waals surface area contributed by atoms with Crippen molar-refractivity contribution in [3.8, 4) is 11.3 Å². The Morgan fingerprint density at radius 2 is 2.05 bits per heavy atom. The molecule has 0 fully saturated rings. The highest BCUT2D eigenvalue weighted by Gasteiger charge is 2.18. The third kappa shape index (κ3) is 1.92. The average Bonchev–Trinajstić information content (AvgIpc) is 2.94. The van der Waals surface area contributed by atoms with Crippen LogP contribution in [0.15, 0.2) is 35.7 Å². The Bertz CT molecular complexity index is 904. The normalized spacial score (nSPS) is 12.2. The predicted octanol–water partition coefficient (Wildman–Crippen LogP) is 2.28. The first-order valence-corrected chi connectivity index (χ1v) is 8.06. The summed E-state index contributed by atoms with van der Waals surface area (Å²) in [6, 6.07) is 3.76. The fraction of sp³-hybridized carbons (Fsp3) is 0.214. The van der Waals surface area contributed by atoms with Crippen molar-refractivity contribution in [3.05, 3.63) is 36.4 Å². The van der Waals surface area contributed by atoms with E-state index in [0.717, 1.165) is 22.3 Å². The van der Waals surface area contributed by atoms with Crippen LogP contribution in [0.3, 0.4) is 0 Å². The van der Waals surface area contributed by atoms with Crippen molar-refractivity contribution < 1.29 is 8.42 Å². The Morgan fingerprint density at radius 1 is 1.30 bits per heavy atom. The molecule has 5 nitrogen and oxygen atoms in total. The zero-order chi connectivity index (χ0) is 14.5. The molecular formula is C14H15N3O2S. The molecule has 0 atom stereocenters. The van der Waals surface area contributed by atoms with Crippen molar-refractivity contribution in [2.75, 3.05) is 6.26 Å². The number of aryl methyl sites for hydroxylation is 2. The van der Waals surface area contributed by atoms with E-state index in [1.54, 1.807) is 12.5 Å². The van der Waals surface area contributed by atoms with E-state index in [2.05, 4.69) is 9.97 Å². The molecule has 1 N–H and O–H groups in total. The number of hydrogen-bond donors (Lipinski definition) is 1. The van der Waals surface area contributed by atoms with Crippen LogP contribution >= 0.6 is 0 Å². The van der Waals surface area contributed by atoms with Crippen LogP contribution in [-0.2, 0) is 16.9 Å². The lowest BCUT2D eigenvalue weighted by Crippen LogP contribution is -1.95. The van der Waals surface area contributed by atoms with Gasteiger partial charge in [0.05, 0.1) is 22.4 Å². The summed E-state index contributed by atoms with van der Waals surface area (Å²) < 4.78 is 25.5. The third-order valence-electron chi connectivity index (χ3n) is 3.39. The molecule has 0 bridgehead atoms. The molecule has 0 radical (unpaired) electrons. The van der Waals surface area contributed by atoms with Crippen LogP contribution in [-0.4, -0.2) is 29.2 Å². The molecule has 0 amide bonds. The van der Waals surface area contributed by atoms with Crippen LogP contribution in [0.1, 0.15) is 5.56 Å². The van der Waals surface area contributed by atoms with Crippen LogP contribution < -0.4 is 0 Å². The molecule has 0 spiro atoms. The smallest absolute Gasteiger partial charge is 0.177 e. The van der Waals surface area contributed by atoms with E-state index in [1.165, 1.54) is 6.26 Å². The highest BCUT2D eigenvalue weighted by Crippen LogP contribution is 2.33. The first kappa shape index (κ1) is 12.9. The molecule has 2 aromatic heterocycles. The number of fused-ring (bicyclic) bond motifs is 1. The molecule has 3 rings (SSSR count). The van der Waals surface area contributed by atoms with Crippen molar-refractivity contribution in [1.29, 1.82) is 0 Å². The van der Waals surface area contributed by atoms with Crippen LogP contribution in [0.2, 0.25) is 0 Å². The molecular weight excluding hydrogens is 274 g/mol. The van der Waals surface area contributed by atoms with E-state index in [-0.39, 0.29) is 0 Å². The molecule has 0 aliphatic carbocycles. The molecule has 2 heterocycles. The molecule has 104 valence electrons. The third-order valence-corrected chi connectivity index (χ3v) is 4.52. The zero-order valence-corrected chi connectivity index (χ0v) is 12.3. The summed E-state index contributed by atoms with van der Waals surface area (Å²) in [4.78, 5) is 7.77. The first-order valence-electron chi connectivity index (χ1n) is 6.17. The van der Waals surface area contributed by atoms with Gasteiger partial charge in [0.1, 0.15) is 0 Å². The Morgan fingerprint density at radius 3 is 2.65 bits per heavy atom. The van der Waals surface area contributed by atoms with E-state index in [9.17, 15) is 8.42 Å². The molecule has 1 aromatic carbocycles. The molecule has 6 heteroatoms. The number of H-pyrrole nitrogens is 1. The van der Waals surface area contributed by atoms with E-state index in [1.807, 2.05) is 36.9 Å². The maximum Gasteiger partial charge on any atom is 0.177 e. The Balaban J connectivity index is 2.38. The van der Waals surface area contributed by atoms with Gasteiger partial charge >= 0.3 is 0 Å². The maximum atomic E-state index is 11.8. The second-order valence-corrected chi connectivity index (χ2v) is 7.01. The number of benzene rings is 1. The Hall–Kier alpha value is -2.08. The van der Waals surface area contributed by atoms with Crippen molar-refractivity contribution in [3.63, 3.8) is 0 Å². The van der Waals surface area contributed by atoms with Crippen molar-refractivity contribution in [2.45, 2.75) is 11.8 Å². The number of aromatic amines is 1. The number of nitrogens with zero attached hydrogens (tertiary/aromatic N) is 2. The van der Waals surface area contributed by atoms with E-state index >= 15 is 0 Å². The van der Waals surface area contributed by atoms with Gasteiger partial charge in [-0.1, -0.05) is 12.1 Å². The van der Waals surface area contributed by atoms with Crippen LogP contribution in [0, 0.1) is 6.92 Å². The van der Waals surface area contributed by atoms with Crippen LogP contribution in [0.5, 0.6) is 0 Å². The van der Waals surface area contributed by atoms with Gasteiger partial charge in [-0.25, -0.2) is 13.4 Å². The van der Waals surface area contributed by atoms with Gasteiger partial charge in [-0.15, -0.1) is 0 Å². The molecule has 20 heavy (non-hydrogen) atoms. The summed E-state index contributed by atoms with van der Waals surface area (Å²) in [5.74, 6) is 0. The van der Waals surface area contributed by atoms with Crippen LogP contribution in [0.25, 0.3) is 22.2 Å². The quantitative estimate of drug-likeness (QED) is 0.787. The maximum absolute atomic E-state index is 11.8. The highest BCUT2D eigenvalue weighted by atomic mass is 32.2. The number of imidazole rings is 1. The van der Waals surface area contributed by atoms with Gasteiger partial charge in [-0.3, -0.25) is 0 Å². The summed E-state index contributed by atoms with van der Waals surface area (Å²) in [7, 11) is -1.34. The van der Waals surface area contributed by atoms with Crippen molar-refractivity contribution in [2.24, 2.45) is 7.05 Å². The zero-order valence-electron chi connectivity index (χ0n) is 11.5. The van der Waals surface area contributed by atoms with E-state index in [0.29, 0.717) is 10.3 Å². The molecule has 0 saturated carbocycles. The summed E-state index contributed by atoms with van der Waals surface area (Å²) in [6.07, 6.45) is 6.42. The summed E-state index contributed by atoms with van der Waals surface area (Å²) >= 11 is 0. The number of hydrogen-bond acceptors (Lipinski definition) is 3. The van der Waals surface area contributed by atoms with Gasteiger partial charge in [0.25, 0.3) is 0 Å². The van der Waals surface area contributed by atoms with Gasteiger partial charge in [-0.2, -0.15) is 0 Å². The SMILES string of the molecule is Cc1ccc2c(S(C)(=O)=O)c[nH]c2c1-c1cn(C)cn1. The van der Waals surface area contributed by atoms with Gasteiger partial charge in [0, 0.05) is 36.6 Å². The minimum Gasteiger partial charge on any atom is -0.359 e. The lowest BCUT2D eigenvalue weighted by molar-refractivity contribution is 0.602. The van der Waals surface area contributed by atoms with Gasteiger partial charge in [0.15, 0.2) is 9.84 Å². The summed E-state index contributed by atoms with van der Waals surface area (Å²) in [5, 5.41) is 0.707. The van der Waals surface area contributed by atoms with Gasteiger partial charge in [-0.05, 0) is 12.5 Å². The Labute approximate surface area is 117 Å². The Kier molecular flexibility index (Phi) is 2.72. The first-order chi connectivity index (χ1) is 9.38.